The van der Waals surface area contributed by atoms with Crippen LogP contribution in [0.4, 0.5) is 5.00 Å². The van der Waals surface area contributed by atoms with Crippen molar-refractivity contribution in [2.24, 2.45) is 5.73 Å². The van der Waals surface area contributed by atoms with Crippen LogP contribution in [0.15, 0.2) is 8.68 Å². The fraction of sp³-hybridized carbons (Fsp3) is 0.429. The molecule has 0 saturated heterocycles. The van der Waals surface area contributed by atoms with Crippen LogP contribution in [0.1, 0.15) is 34.1 Å². The summed E-state index contributed by atoms with van der Waals surface area (Å²) in [5, 5.41) is 11.2. The van der Waals surface area contributed by atoms with Gasteiger partial charge in [-0.2, -0.15) is 0 Å². The number of amides is 2. The topological polar surface area (TPSA) is 98.0 Å². The molecule has 0 aliphatic heterocycles. The normalized spacial score (nSPS) is 14.4. The number of carbonyl (C=O) groups is 2. The predicted molar refractivity (Wildman–Crippen MR) is 101 cm³/mol. The van der Waals surface area contributed by atoms with Crippen molar-refractivity contribution in [2.75, 3.05) is 11.6 Å². The van der Waals surface area contributed by atoms with Gasteiger partial charge in [-0.1, -0.05) is 34.9 Å². The number of thiophene rings is 1. The molecular weight excluding hydrogens is 384 g/mol. The SMILES string of the molecule is CSc1nnc(S[C@@H](C)C(=O)Nc2sc3c(c2C(N)=O)CCC3)s1. The first-order chi connectivity index (χ1) is 11.5. The molecule has 0 radical (unpaired) electrons. The average molecular weight is 401 g/mol. The molecule has 0 spiro atoms. The van der Waals surface area contributed by atoms with Gasteiger partial charge in [0.05, 0.1) is 10.8 Å². The first kappa shape index (κ1) is 17.7. The third-order valence-corrected chi connectivity index (χ3v) is 7.90. The fourth-order valence-electron chi connectivity index (χ4n) is 2.50. The monoisotopic (exact) mass is 400 g/mol. The molecule has 0 saturated carbocycles. The molecule has 1 atom stereocenters. The van der Waals surface area contributed by atoms with Gasteiger partial charge < -0.3 is 11.1 Å². The summed E-state index contributed by atoms with van der Waals surface area (Å²) in [6.45, 7) is 1.81. The van der Waals surface area contributed by atoms with Crippen LogP contribution in [-0.2, 0) is 17.6 Å². The van der Waals surface area contributed by atoms with E-state index in [0.717, 1.165) is 38.4 Å². The van der Waals surface area contributed by atoms with Gasteiger partial charge in [0.2, 0.25) is 5.91 Å². The van der Waals surface area contributed by atoms with Crippen molar-refractivity contribution in [3.05, 3.63) is 16.0 Å². The highest BCUT2D eigenvalue weighted by molar-refractivity contribution is 8.03. The largest absolute Gasteiger partial charge is 0.365 e. The number of nitrogens with two attached hydrogens (primary N) is 1. The van der Waals surface area contributed by atoms with E-state index in [1.807, 2.05) is 13.2 Å². The summed E-state index contributed by atoms with van der Waals surface area (Å²) < 4.78 is 1.63. The predicted octanol–water partition coefficient (Wildman–Crippen LogP) is 3.03. The van der Waals surface area contributed by atoms with Crippen LogP contribution in [0, 0.1) is 0 Å². The van der Waals surface area contributed by atoms with E-state index < -0.39 is 5.91 Å². The Kier molecular flexibility index (Phi) is 5.48. The molecule has 3 N–H and O–H groups in total. The molecule has 0 unspecified atom stereocenters. The van der Waals surface area contributed by atoms with Crippen LogP contribution in [0.3, 0.4) is 0 Å². The Bertz CT molecular complexity index is 786. The highest BCUT2D eigenvalue weighted by atomic mass is 32.2. The van der Waals surface area contributed by atoms with Gasteiger partial charge in [0, 0.05) is 4.88 Å². The minimum Gasteiger partial charge on any atom is -0.365 e. The third kappa shape index (κ3) is 3.61. The smallest absolute Gasteiger partial charge is 0.251 e. The highest BCUT2D eigenvalue weighted by Gasteiger charge is 2.27. The molecule has 3 rings (SSSR count). The Morgan fingerprint density at radius 2 is 2.00 bits per heavy atom. The second-order valence-electron chi connectivity index (χ2n) is 5.21. The number of aryl methyl sites for hydroxylation is 1. The molecule has 0 aromatic carbocycles. The van der Waals surface area contributed by atoms with Crippen molar-refractivity contribution in [1.29, 1.82) is 0 Å². The lowest BCUT2D eigenvalue weighted by Gasteiger charge is -2.10. The summed E-state index contributed by atoms with van der Waals surface area (Å²) in [5.74, 6) is -0.637. The molecule has 2 amide bonds. The standard InChI is InChI=1S/C14H16N4O2S4/c1-6(22-14-18-17-13(21-2)24-14)11(20)16-12-9(10(15)19)7-4-3-5-8(7)23-12/h6H,3-5H2,1-2H3,(H2,15,19)(H,16,20)/t6-/m0/s1. The van der Waals surface area contributed by atoms with Crippen molar-refractivity contribution in [1.82, 2.24) is 10.2 Å². The maximum absolute atomic E-state index is 12.5. The van der Waals surface area contributed by atoms with E-state index in [9.17, 15) is 9.59 Å². The number of aromatic nitrogens is 2. The van der Waals surface area contributed by atoms with Gasteiger partial charge in [0.1, 0.15) is 5.00 Å². The van der Waals surface area contributed by atoms with E-state index >= 15 is 0 Å². The lowest BCUT2D eigenvalue weighted by molar-refractivity contribution is -0.115. The zero-order valence-electron chi connectivity index (χ0n) is 13.1. The quantitative estimate of drug-likeness (QED) is 0.723. The minimum atomic E-state index is -0.473. The number of hydrogen-bond donors (Lipinski definition) is 2. The molecule has 1 aliphatic rings. The summed E-state index contributed by atoms with van der Waals surface area (Å²) in [5.41, 5.74) is 7.01. The Labute approximate surface area is 156 Å². The van der Waals surface area contributed by atoms with Crippen molar-refractivity contribution in [2.45, 2.75) is 40.1 Å². The first-order valence-electron chi connectivity index (χ1n) is 7.29. The summed E-state index contributed by atoms with van der Waals surface area (Å²) in [6.07, 6.45) is 4.78. The van der Waals surface area contributed by atoms with Crippen LogP contribution >= 0.6 is 46.2 Å². The van der Waals surface area contributed by atoms with Gasteiger partial charge in [0.15, 0.2) is 8.68 Å². The van der Waals surface area contributed by atoms with Gasteiger partial charge in [0.25, 0.3) is 5.91 Å². The van der Waals surface area contributed by atoms with Crippen molar-refractivity contribution >= 4 is 63.0 Å². The summed E-state index contributed by atoms with van der Waals surface area (Å²) in [4.78, 5) is 25.4. The highest BCUT2D eigenvalue weighted by Crippen LogP contribution is 2.39. The fourth-order valence-corrected chi connectivity index (χ4v) is 6.38. The number of rotatable bonds is 6. The molecule has 2 aromatic heterocycles. The number of fused-ring (bicyclic) bond motifs is 1. The van der Waals surface area contributed by atoms with Crippen LogP contribution in [-0.4, -0.2) is 33.5 Å². The van der Waals surface area contributed by atoms with Crippen LogP contribution < -0.4 is 11.1 Å². The third-order valence-electron chi connectivity index (χ3n) is 3.61. The maximum Gasteiger partial charge on any atom is 0.251 e. The molecule has 128 valence electrons. The molecule has 2 heterocycles. The van der Waals surface area contributed by atoms with Crippen LogP contribution in [0.5, 0.6) is 0 Å². The van der Waals surface area contributed by atoms with Gasteiger partial charge >= 0.3 is 0 Å². The summed E-state index contributed by atoms with van der Waals surface area (Å²) >= 11 is 5.82. The van der Waals surface area contributed by atoms with E-state index in [4.69, 9.17) is 5.73 Å². The Morgan fingerprint density at radius 1 is 1.25 bits per heavy atom. The molecule has 6 nitrogen and oxygen atoms in total. The number of hydrogen-bond acceptors (Lipinski definition) is 8. The maximum atomic E-state index is 12.5. The van der Waals surface area contributed by atoms with E-state index in [1.165, 1.54) is 46.2 Å². The molecule has 0 fully saturated rings. The van der Waals surface area contributed by atoms with E-state index in [2.05, 4.69) is 15.5 Å². The van der Waals surface area contributed by atoms with E-state index in [1.54, 1.807) is 0 Å². The Balaban J connectivity index is 1.71. The van der Waals surface area contributed by atoms with Crippen molar-refractivity contribution in [3.63, 3.8) is 0 Å². The lowest BCUT2D eigenvalue weighted by atomic mass is 10.1. The molecule has 0 bridgehead atoms. The number of nitrogens with one attached hydrogen (secondary N) is 1. The molecule has 1 aliphatic carbocycles. The van der Waals surface area contributed by atoms with Crippen molar-refractivity contribution in [3.8, 4) is 0 Å². The molecular formula is C14H16N4O2S4. The van der Waals surface area contributed by atoms with Crippen LogP contribution in [0.25, 0.3) is 0 Å². The Morgan fingerprint density at radius 3 is 2.67 bits per heavy atom. The number of thioether (sulfide) groups is 2. The van der Waals surface area contributed by atoms with E-state index in [0.29, 0.717) is 10.6 Å². The molecule has 10 heteroatoms. The summed E-state index contributed by atoms with van der Waals surface area (Å²) in [7, 11) is 0. The van der Waals surface area contributed by atoms with Gasteiger partial charge in [-0.05, 0) is 38.0 Å². The minimum absolute atomic E-state index is 0.164. The van der Waals surface area contributed by atoms with Crippen LogP contribution in [0.2, 0.25) is 0 Å². The Hall–Kier alpha value is -1.10. The lowest BCUT2D eigenvalue weighted by Crippen LogP contribution is -2.24. The number of carbonyl (C=O) groups excluding carboxylic acids is 2. The summed E-state index contributed by atoms with van der Waals surface area (Å²) in [6, 6.07) is 0. The second-order valence-corrected chi connectivity index (χ2v) is 9.94. The number of anilines is 1. The first-order valence-corrected chi connectivity index (χ1v) is 11.0. The second kappa shape index (κ2) is 7.42. The zero-order valence-corrected chi connectivity index (χ0v) is 16.4. The number of nitrogens with zero attached hydrogens (tertiary/aromatic N) is 2. The zero-order chi connectivity index (χ0) is 17.3. The van der Waals surface area contributed by atoms with Gasteiger partial charge in [-0.25, -0.2) is 0 Å². The molecule has 24 heavy (non-hydrogen) atoms. The molecule has 2 aromatic rings. The van der Waals surface area contributed by atoms with Gasteiger partial charge in [-0.15, -0.1) is 21.5 Å². The van der Waals surface area contributed by atoms with Gasteiger partial charge in [-0.3, -0.25) is 9.59 Å². The van der Waals surface area contributed by atoms with Crippen molar-refractivity contribution < 1.29 is 9.59 Å². The van der Waals surface area contributed by atoms with E-state index in [-0.39, 0.29) is 11.2 Å². The number of primary amides is 1. The average Bonchev–Trinajstić information content (AvgIpc) is 3.21.